The van der Waals surface area contributed by atoms with Crippen LogP contribution >= 0.6 is 0 Å². The quantitative estimate of drug-likeness (QED) is 0.777. The maximum absolute atomic E-state index is 5.22. The molecule has 0 atom stereocenters. The van der Waals surface area contributed by atoms with Crippen LogP contribution in [-0.2, 0) is 13.5 Å². The van der Waals surface area contributed by atoms with E-state index in [1.54, 1.807) is 7.11 Å². The van der Waals surface area contributed by atoms with E-state index in [0.717, 1.165) is 17.3 Å². The van der Waals surface area contributed by atoms with Crippen molar-refractivity contribution in [1.82, 2.24) is 9.78 Å². The van der Waals surface area contributed by atoms with Crippen molar-refractivity contribution in [2.24, 2.45) is 7.05 Å². The smallest absolute Gasteiger partial charge is 0.240 e. The number of hydrogen-bond donors (Lipinski definition) is 0. The minimum absolute atomic E-state index is 0.706. The maximum atomic E-state index is 5.22. The third-order valence-corrected chi connectivity index (χ3v) is 2.48. The molecule has 2 aromatic rings. The predicted molar refractivity (Wildman–Crippen MR) is 68.0 cm³/mol. The van der Waals surface area contributed by atoms with E-state index in [1.807, 2.05) is 25.6 Å². The van der Waals surface area contributed by atoms with Crippen molar-refractivity contribution in [3.63, 3.8) is 0 Å². The van der Waals surface area contributed by atoms with Gasteiger partial charge in [-0.05, 0) is 24.1 Å². The molecule has 0 unspecified atom stereocenters. The minimum Gasteiger partial charge on any atom is -0.479 e. The van der Waals surface area contributed by atoms with E-state index in [1.165, 1.54) is 5.56 Å². The second-order valence-corrected chi connectivity index (χ2v) is 3.34. The molecule has 16 heavy (non-hydrogen) atoms. The number of benzene rings is 1. The Labute approximate surface area is 97.0 Å². The average molecular weight is 220 g/mol. The number of fused-ring (bicyclic) bond motifs is 1. The fraction of sp³-hybridized carbons (Fsp3) is 0.462. The Bertz CT molecular complexity index is 460. The van der Waals surface area contributed by atoms with Crippen LogP contribution in [0.5, 0.6) is 5.88 Å². The zero-order chi connectivity index (χ0) is 12.1. The predicted octanol–water partition coefficient (Wildman–Crippen LogP) is 3.17. The molecule has 1 heterocycles. The molecule has 1 aromatic heterocycles. The Morgan fingerprint density at radius 1 is 1.31 bits per heavy atom. The molecule has 0 N–H and O–H groups in total. The number of nitrogens with zero attached hydrogens (tertiary/aromatic N) is 2. The van der Waals surface area contributed by atoms with Crippen LogP contribution in [-0.4, -0.2) is 16.9 Å². The van der Waals surface area contributed by atoms with E-state index in [4.69, 9.17) is 4.74 Å². The highest BCUT2D eigenvalue weighted by Crippen LogP contribution is 2.25. The molecular weight excluding hydrogens is 200 g/mol. The molecule has 0 amide bonds. The molecule has 2 rings (SSSR count). The van der Waals surface area contributed by atoms with Gasteiger partial charge < -0.3 is 4.74 Å². The number of hydrogen-bond acceptors (Lipinski definition) is 2. The number of rotatable bonds is 2. The van der Waals surface area contributed by atoms with Crippen LogP contribution in [0.1, 0.15) is 26.3 Å². The van der Waals surface area contributed by atoms with Crippen molar-refractivity contribution in [2.75, 3.05) is 7.11 Å². The summed E-state index contributed by atoms with van der Waals surface area (Å²) in [6.07, 6.45) is 1.04. The molecule has 0 bridgehead atoms. The molecule has 3 heteroatoms. The van der Waals surface area contributed by atoms with Crippen LogP contribution < -0.4 is 4.74 Å². The highest BCUT2D eigenvalue weighted by molar-refractivity contribution is 5.85. The van der Waals surface area contributed by atoms with E-state index in [-0.39, 0.29) is 0 Å². The van der Waals surface area contributed by atoms with E-state index in [9.17, 15) is 0 Å². The van der Waals surface area contributed by atoms with Crippen LogP contribution in [0.25, 0.3) is 10.9 Å². The molecule has 0 saturated carbocycles. The van der Waals surface area contributed by atoms with Crippen LogP contribution in [0.3, 0.4) is 0 Å². The summed E-state index contributed by atoms with van der Waals surface area (Å²) in [6, 6.07) is 6.36. The van der Waals surface area contributed by atoms with Crippen LogP contribution in [0.15, 0.2) is 18.2 Å². The van der Waals surface area contributed by atoms with Gasteiger partial charge in [-0.2, -0.15) is 0 Å². The number of ether oxygens (including phenoxy) is 1. The topological polar surface area (TPSA) is 27.1 Å². The summed E-state index contributed by atoms with van der Waals surface area (Å²) in [4.78, 5) is 0. The largest absolute Gasteiger partial charge is 0.479 e. The first-order valence-electron chi connectivity index (χ1n) is 5.76. The van der Waals surface area contributed by atoms with E-state index < -0.39 is 0 Å². The number of aromatic nitrogens is 2. The van der Waals surface area contributed by atoms with Gasteiger partial charge in [0.2, 0.25) is 5.88 Å². The summed E-state index contributed by atoms with van der Waals surface area (Å²) >= 11 is 0. The van der Waals surface area contributed by atoms with E-state index in [0.29, 0.717) is 5.88 Å². The monoisotopic (exact) mass is 220 g/mol. The van der Waals surface area contributed by atoms with Crippen LogP contribution in [0.4, 0.5) is 0 Å². The van der Waals surface area contributed by atoms with Crippen molar-refractivity contribution >= 4 is 10.9 Å². The van der Waals surface area contributed by atoms with Gasteiger partial charge in [0.05, 0.1) is 18.0 Å². The highest BCUT2D eigenvalue weighted by Gasteiger charge is 2.08. The molecule has 1 aromatic carbocycles. The molecule has 0 fully saturated rings. The van der Waals surface area contributed by atoms with Gasteiger partial charge in [0.25, 0.3) is 0 Å². The standard InChI is InChI=1S/C11H14N2O.C2H6/c1-4-8-5-6-10-9(7-8)11(14-3)12-13(10)2;1-2/h5-7H,4H2,1-3H3;1-2H3. The Kier molecular flexibility index (Phi) is 4.35. The van der Waals surface area contributed by atoms with Gasteiger partial charge in [-0.3, -0.25) is 4.68 Å². The van der Waals surface area contributed by atoms with Gasteiger partial charge >= 0.3 is 0 Å². The summed E-state index contributed by atoms with van der Waals surface area (Å²) in [6.45, 7) is 6.14. The van der Waals surface area contributed by atoms with E-state index in [2.05, 4.69) is 30.2 Å². The first kappa shape index (κ1) is 12.6. The van der Waals surface area contributed by atoms with Crippen molar-refractivity contribution in [3.05, 3.63) is 23.8 Å². The fourth-order valence-corrected chi connectivity index (χ4v) is 1.65. The molecule has 0 aliphatic carbocycles. The molecule has 0 radical (unpaired) electrons. The lowest BCUT2D eigenvalue weighted by molar-refractivity contribution is 0.396. The second-order valence-electron chi connectivity index (χ2n) is 3.34. The zero-order valence-corrected chi connectivity index (χ0v) is 10.7. The third-order valence-electron chi connectivity index (χ3n) is 2.48. The van der Waals surface area contributed by atoms with Gasteiger partial charge in [-0.15, -0.1) is 5.10 Å². The summed E-state index contributed by atoms with van der Waals surface area (Å²) in [5.74, 6) is 0.706. The van der Waals surface area contributed by atoms with Crippen LogP contribution in [0, 0.1) is 0 Å². The van der Waals surface area contributed by atoms with Crippen molar-refractivity contribution in [3.8, 4) is 5.88 Å². The third kappa shape index (κ3) is 2.18. The molecule has 0 aliphatic heterocycles. The fourth-order valence-electron chi connectivity index (χ4n) is 1.65. The van der Waals surface area contributed by atoms with Gasteiger partial charge in [0.15, 0.2) is 0 Å². The molecule has 88 valence electrons. The van der Waals surface area contributed by atoms with Crippen LogP contribution in [0.2, 0.25) is 0 Å². The normalized spacial score (nSPS) is 9.81. The Morgan fingerprint density at radius 3 is 2.56 bits per heavy atom. The van der Waals surface area contributed by atoms with Crippen molar-refractivity contribution in [1.29, 1.82) is 0 Å². The Hall–Kier alpha value is -1.51. The Balaban J connectivity index is 0.000000606. The molecular formula is C13H20N2O. The highest BCUT2D eigenvalue weighted by atomic mass is 16.5. The maximum Gasteiger partial charge on any atom is 0.240 e. The van der Waals surface area contributed by atoms with Gasteiger partial charge in [0, 0.05) is 7.05 Å². The molecule has 0 saturated heterocycles. The summed E-state index contributed by atoms with van der Waals surface area (Å²) in [5.41, 5.74) is 2.42. The first-order valence-corrected chi connectivity index (χ1v) is 5.76. The number of aryl methyl sites for hydroxylation is 2. The summed E-state index contributed by atoms with van der Waals surface area (Å²) < 4.78 is 7.06. The lowest BCUT2D eigenvalue weighted by Crippen LogP contribution is -1.90. The van der Waals surface area contributed by atoms with Gasteiger partial charge in [0.1, 0.15) is 0 Å². The minimum atomic E-state index is 0.706. The number of methoxy groups -OCH3 is 1. The summed E-state index contributed by atoms with van der Waals surface area (Å²) in [5, 5.41) is 5.37. The van der Waals surface area contributed by atoms with E-state index >= 15 is 0 Å². The summed E-state index contributed by atoms with van der Waals surface area (Å²) in [7, 11) is 3.58. The average Bonchev–Trinajstić information content (AvgIpc) is 2.68. The van der Waals surface area contributed by atoms with Crippen molar-refractivity contribution in [2.45, 2.75) is 27.2 Å². The SMILES string of the molecule is CC.CCc1ccc2c(c1)c(OC)nn2C. The zero-order valence-electron chi connectivity index (χ0n) is 10.7. The lowest BCUT2D eigenvalue weighted by Gasteiger charge is -1.98. The molecule has 0 aliphatic rings. The van der Waals surface area contributed by atoms with Gasteiger partial charge in [-0.1, -0.05) is 26.8 Å². The lowest BCUT2D eigenvalue weighted by atomic mass is 10.1. The molecule has 3 nitrogen and oxygen atoms in total. The van der Waals surface area contributed by atoms with Gasteiger partial charge in [-0.25, -0.2) is 0 Å². The first-order chi connectivity index (χ1) is 7.76. The Morgan fingerprint density at radius 2 is 2.00 bits per heavy atom. The molecule has 0 spiro atoms. The second kappa shape index (κ2) is 5.54. The van der Waals surface area contributed by atoms with Crippen molar-refractivity contribution < 1.29 is 4.74 Å².